The number of fused-ring (bicyclic) bond motifs is 1. The van der Waals surface area contributed by atoms with Crippen LogP contribution in [0.1, 0.15) is 32.1 Å². The fourth-order valence-corrected chi connectivity index (χ4v) is 6.01. The number of nitrogens with one attached hydrogen (secondary N) is 1. The summed E-state index contributed by atoms with van der Waals surface area (Å²) in [6, 6.07) is 8.22. The average molecular weight is 439 g/mol. The molecule has 3 heterocycles. The van der Waals surface area contributed by atoms with Gasteiger partial charge in [0.25, 0.3) is 0 Å². The normalized spacial score (nSPS) is 19.4. The van der Waals surface area contributed by atoms with Crippen molar-refractivity contribution in [3.05, 3.63) is 36.0 Å². The van der Waals surface area contributed by atoms with E-state index in [1.54, 1.807) is 24.8 Å². The molecule has 2 fully saturated rings. The molecule has 0 bridgehead atoms. The lowest BCUT2D eigenvalue weighted by Crippen LogP contribution is -2.58. The van der Waals surface area contributed by atoms with Crippen LogP contribution >= 0.6 is 11.3 Å². The summed E-state index contributed by atoms with van der Waals surface area (Å²) in [7, 11) is 1.69. The molecular formula is C24H30N4O2S. The Kier molecular flexibility index (Phi) is 6.07. The molecule has 1 saturated carbocycles. The van der Waals surface area contributed by atoms with E-state index in [-0.39, 0.29) is 5.54 Å². The molecule has 1 aliphatic carbocycles. The van der Waals surface area contributed by atoms with Gasteiger partial charge in [-0.3, -0.25) is 4.90 Å². The second-order valence-electron chi connectivity index (χ2n) is 8.52. The molecule has 0 radical (unpaired) electrons. The van der Waals surface area contributed by atoms with Crippen LogP contribution in [0.3, 0.4) is 0 Å². The van der Waals surface area contributed by atoms with Crippen molar-refractivity contribution in [1.29, 1.82) is 0 Å². The fourth-order valence-electron chi connectivity index (χ4n) is 5.09. The van der Waals surface area contributed by atoms with Gasteiger partial charge in [-0.1, -0.05) is 31.4 Å². The maximum Gasteiger partial charge on any atom is 0.138 e. The smallest absolute Gasteiger partial charge is 0.138 e. The lowest BCUT2D eigenvalue weighted by molar-refractivity contribution is -0.0318. The molecule has 0 amide bonds. The molecule has 0 spiro atoms. The third-order valence-electron chi connectivity index (χ3n) is 6.82. The van der Waals surface area contributed by atoms with E-state index in [9.17, 15) is 0 Å². The van der Waals surface area contributed by atoms with Crippen molar-refractivity contribution in [2.24, 2.45) is 0 Å². The van der Waals surface area contributed by atoms with Gasteiger partial charge in [-0.2, -0.15) is 0 Å². The van der Waals surface area contributed by atoms with Crippen molar-refractivity contribution >= 4 is 27.4 Å². The summed E-state index contributed by atoms with van der Waals surface area (Å²) in [6.07, 6.45) is 8.10. The second-order valence-corrected chi connectivity index (χ2v) is 9.38. The Morgan fingerprint density at radius 3 is 2.61 bits per heavy atom. The van der Waals surface area contributed by atoms with Gasteiger partial charge < -0.3 is 14.8 Å². The highest BCUT2D eigenvalue weighted by atomic mass is 32.1. The number of morpholine rings is 1. The predicted molar refractivity (Wildman–Crippen MR) is 126 cm³/mol. The zero-order valence-electron chi connectivity index (χ0n) is 18.1. The molecule has 1 N–H and O–H groups in total. The molecular weight excluding hydrogens is 408 g/mol. The van der Waals surface area contributed by atoms with Crippen LogP contribution in [-0.2, 0) is 4.74 Å². The number of thiophene rings is 1. The molecule has 0 atom stereocenters. The Bertz CT molecular complexity index is 1010. The minimum atomic E-state index is 0.190. The monoisotopic (exact) mass is 438 g/mol. The number of rotatable bonds is 6. The molecule has 164 valence electrons. The molecule has 1 saturated heterocycles. The fraction of sp³-hybridized carbons (Fsp3) is 0.500. The van der Waals surface area contributed by atoms with E-state index in [0.29, 0.717) is 0 Å². The summed E-state index contributed by atoms with van der Waals surface area (Å²) in [4.78, 5) is 12.9. The standard InChI is InChI=1S/C24H30N4O2S/c1-29-19-7-5-18(6-8-19)20-15-31-23-21(20)22(26-17-27-23)25-16-24(9-3-2-4-10-24)28-11-13-30-14-12-28/h5-8,15,17H,2-4,9-14,16H2,1H3,(H,25,26,27). The summed E-state index contributed by atoms with van der Waals surface area (Å²) in [5.41, 5.74) is 2.52. The summed E-state index contributed by atoms with van der Waals surface area (Å²) in [6.45, 7) is 4.64. The lowest BCUT2D eigenvalue weighted by Gasteiger charge is -2.48. The number of methoxy groups -OCH3 is 1. The summed E-state index contributed by atoms with van der Waals surface area (Å²) < 4.78 is 11.0. The number of aromatic nitrogens is 2. The quantitative estimate of drug-likeness (QED) is 0.596. The van der Waals surface area contributed by atoms with Crippen molar-refractivity contribution in [3.63, 3.8) is 0 Å². The first kappa shape index (κ1) is 20.7. The second kappa shape index (κ2) is 9.10. The van der Waals surface area contributed by atoms with E-state index in [1.165, 1.54) is 37.7 Å². The van der Waals surface area contributed by atoms with Crippen LogP contribution in [0.5, 0.6) is 5.75 Å². The van der Waals surface area contributed by atoms with E-state index in [0.717, 1.165) is 60.2 Å². The van der Waals surface area contributed by atoms with Crippen LogP contribution in [0.4, 0.5) is 5.82 Å². The summed E-state index contributed by atoms with van der Waals surface area (Å²) >= 11 is 1.67. The van der Waals surface area contributed by atoms with Gasteiger partial charge in [-0.15, -0.1) is 11.3 Å². The van der Waals surface area contributed by atoms with Gasteiger partial charge in [-0.25, -0.2) is 9.97 Å². The van der Waals surface area contributed by atoms with E-state index in [4.69, 9.17) is 9.47 Å². The molecule has 0 unspecified atom stereocenters. The molecule has 3 aromatic rings. The van der Waals surface area contributed by atoms with Gasteiger partial charge in [0.1, 0.15) is 22.7 Å². The highest BCUT2D eigenvalue weighted by Gasteiger charge is 2.38. The third-order valence-corrected chi connectivity index (χ3v) is 7.71. The molecule has 6 nitrogen and oxygen atoms in total. The van der Waals surface area contributed by atoms with Crippen molar-refractivity contribution < 1.29 is 9.47 Å². The van der Waals surface area contributed by atoms with Crippen LogP contribution in [0, 0.1) is 0 Å². The maximum atomic E-state index is 5.64. The average Bonchev–Trinajstić information content (AvgIpc) is 3.29. The third kappa shape index (κ3) is 4.14. The first-order valence-corrected chi connectivity index (χ1v) is 12.1. The molecule has 7 heteroatoms. The van der Waals surface area contributed by atoms with E-state index >= 15 is 0 Å². The van der Waals surface area contributed by atoms with Gasteiger partial charge >= 0.3 is 0 Å². The van der Waals surface area contributed by atoms with Gasteiger partial charge in [0, 0.05) is 36.1 Å². The molecule has 1 aromatic carbocycles. The Balaban J connectivity index is 1.45. The highest BCUT2D eigenvalue weighted by molar-refractivity contribution is 7.17. The number of benzene rings is 1. The SMILES string of the molecule is COc1ccc(-c2csc3ncnc(NCC4(N5CCOCC5)CCCCC4)c23)cc1. The lowest BCUT2D eigenvalue weighted by atomic mass is 9.79. The molecule has 31 heavy (non-hydrogen) atoms. The summed E-state index contributed by atoms with van der Waals surface area (Å²) in [5, 5.41) is 7.06. The predicted octanol–water partition coefficient (Wildman–Crippen LogP) is 4.81. The number of nitrogens with zero attached hydrogens (tertiary/aromatic N) is 3. The zero-order valence-corrected chi connectivity index (χ0v) is 18.9. The molecule has 2 aromatic heterocycles. The number of anilines is 1. The van der Waals surface area contributed by atoms with Crippen molar-refractivity contribution in [2.75, 3.05) is 45.3 Å². The zero-order chi connectivity index (χ0) is 21.1. The first-order valence-electron chi connectivity index (χ1n) is 11.2. The van der Waals surface area contributed by atoms with Crippen LogP contribution in [-0.4, -0.2) is 60.4 Å². The van der Waals surface area contributed by atoms with Crippen molar-refractivity contribution in [1.82, 2.24) is 14.9 Å². The van der Waals surface area contributed by atoms with Crippen molar-refractivity contribution in [3.8, 4) is 16.9 Å². The Morgan fingerprint density at radius 2 is 1.87 bits per heavy atom. The molecule has 2 aliphatic rings. The molecule has 1 aliphatic heterocycles. The molecule has 5 rings (SSSR count). The van der Waals surface area contributed by atoms with Crippen LogP contribution in [0.15, 0.2) is 36.0 Å². The Labute approximate surface area is 187 Å². The van der Waals surface area contributed by atoms with Crippen LogP contribution in [0.25, 0.3) is 21.3 Å². The number of ether oxygens (including phenoxy) is 2. The summed E-state index contributed by atoms with van der Waals surface area (Å²) in [5.74, 6) is 1.80. The minimum absolute atomic E-state index is 0.190. The topological polar surface area (TPSA) is 59.5 Å². The van der Waals surface area contributed by atoms with E-state index in [1.807, 2.05) is 12.1 Å². The Hall–Kier alpha value is -2.22. The number of hydrogen-bond donors (Lipinski definition) is 1. The van der Waals surface area contributed by atoms with Crippen LogP contribution < -0.4 is 10.1 Å². The van der Waals surface area contributed by atoms with Gasteiger partial charge in [0.15, 0.2) is 0 Å². The minimum Gasteiger partial charge on any atom is -0.497 e. The highest BCUT2D eigenvalue weighted by Crippen LogP contribution is 2.39. The first-order chi connectivity index (χ1) is 15.3. The largest absolute Gasteiger partial charge is 0.497 e. The van der Waals surface area contributed by atoms with Gasteiger partial charge in [0.2, 0.25) is 0 Å². The number of hydrogen-bond acceptors (Lipinski definition) is 7. The van der Waals surface area contributed by atoms with Crippen LogP contribution in [0.2, 0.25) is 0 Å². The van der Waals surface area contributed by atoms with Gasteiger partial charge in [0.05, 0.1) is 25.7 Å². The van der Waals surface area contributed by atoms with Crippen molar-refractivity contribution in [2.45, 2.75) is 37.6 Å². The van der Waals surface area contributed by atoms with E-state index in [2.05, 4.69) is 37.7 Å². The van der Waals surface area contributed by atoms with E-state index < -0.39 is 0 Å². The Morgan fingerprint density at radius 1 is 1.10 bits per heavy atom. The maximum absolute atomic E-state index is 5.64. The van der Waals surface area contributed by atoms with Gasteiger partial charge in [-0.05, 0) is 30.5 Å².